The number of carbonyl (C=O) groups excluding carboxylic acids is 1. The minimum atomic E-state index is -1.29. The molecule has 1 aromatic carbocycles. The Morgan fingerprint density at radius 3 is 2.43 bits per heavy atom. The predicted octanol–water partition coefficient (Wildman–Crippen LogP) is 3.48. The van der Waals surface area contributed by atoms with Crippen LogP contribution in [0.15, 0.2) is 30.5 Å². The predicted molar refractivity (Wildman–Crippen MR) is 75.6 cm³/mol. The third kappa shape index (κ3) is 3.29. The molecule has 0 aliphatic rings. The van der Waals surface area contributed by atoms with Gasteiger partial charge in [0.05, 0.1) is 15.6 Å². The summed E-state index contributed by atoms with van der Waals surface area (Å²) in [6.07, 6.45) is 1.28. The molecule has 1 aromatic heterocycles. The largest absolute Gasteiger partial charge is 0.478 e. The third-order valence-corrected chi connectivity index (χ3v) is 3.04. The van der Waals surface area contributed by atoms with Crippen LogP contribution in [0.5, 0.6) is 0 Å². The number of nitrogens with one attached hydrogen (secondary N) is 1. The fraction of sp³-hybridized carbons (Fsp3) is 0. The number of anilines is 1. The zero-order chi connectivity index (χ0) is 15.6. The quantitative estimate of drug-likeness (QED) is 0.845. The molecule has 0 unspecified atom stereocenters. The lowest BCUT2D eigenvalue weighted by Gasteiger charge is -2.08. The average molecular weight is 329 g/mol. The molecule has 0 aliphatic carbocycles. The van der Waals surface area contributed by atoms with Gasteiger partial charge in [-0.05, 0) is 24.3 Å². The van der Waals surface area contributed by atoms with E-state index < -0.39 is 17.7 Å². The average Bonchev–Trinajstić information content (AvgIpc) is 2.44. The van der Waals surface area contributed by atoms with E-state index >= 15 is 0 Å². The van der Waals surface area contributed by atoms with Gasteiger partial charge in [-0.2, -0.15) is 0 Å². The SMILES string of the molecule is O=C(O)c1cccnc1C(=O)Nc1cc(Cl)c(F)c(Cl)c1. The minimum absolute atomic E-state index is 0.124. The Morgan fingerprint density at radius 1 is 1.24 bits per heavy atom. The van der Waals surface area contributed by atoms with Crippen molar-refractivity contribution in [2.24, 2.45) is 0 Å². The van der Waals surface area contributed by atoms with Crippen molar-refractivity contribution in [3.8, 4) is 0 Å². The fourth-order valence-corrected chi connectivity index (χ4v) is 2.06. The van der Waals surface area contributed by atoms with E-state index in [4.69, 9.17) is 28.3 Å². The van der Waals surface area contributed by atoms with Gasteiger partial charge in [-0.25, -0.2) is 9.18 Å². The van der Waals surface area contributed by atoms with E-state index in [0.717, 1.165) is 12.1 Å². The van der Waals surface area contributed by atoms with Crippen LogP contribution in [0.1, 0.15) is 20.8 Å². The molecule has 2 N–H and O–H groups in total. The van der Waals surface area contributed by atoms with Crippen LogP contribution in [-0.2, 0) is 0 Å². The number of hydrogen-bond donors (Lipinski definition) is 2. The first-order valence-electron chi connectivity index (χ1n) is 5.54. The van der Waals surface area contributed by atoms with Gasteiger partial charge in [0.25, 0.3) is 5.91 Å². The lowest BCUT2D eigenvalue weighted by atomic mass is 10.2. The Kier molecular flexibility index (Phi) is 4.40. The Balaban J connectivity index is 2.33. The fourth-order valence-electron chi connectivity index (χ4n) is 1.58. The van der Waals surface area contributed by atoms with Crippen LogP contribution in [0, 0.1) is 5.82 Å². The van der Waals surface area contributed by atoms with Crippen LogP contribution < -0.4 is 5.32 Å². The number of nitrogens with zero attached hydrogens (tertiary/aromatic N) is 1. The van der Waals surface area contributed by atoms with Gasteiger partial charge in [-0.1, -0.05) is 23.2 Å². The van der Waals surface area contributed by atoms with Crippen LogP contribution in [0.3, 0.4) is 0 Å². The summed E-state index contributed by atoms with van der Waals surface area (Å²) in [5, 5.41) is 10.8. The molecule has 2 aromatic rings. The lowest BCUT2D eigenvalue weighted by Crippen LogP contribution is -2.18. The number of carboxylic acid groups (broad SMARTS) is 1. The number of benzene rings is 1. The van der Waals surface area contributed by atoms with Gasteiger partial charge >= 0.3 is 5.97 Å². The second-order valence-corrected chi connectivity index (χ2v) is 4.73. The van der Waals surface area contributed by atoms with Gasteiger partial charge in [-0.3, -0.25) is 9.78 Å². The highest BCUT2D eigenvalue weighted by Crippen LogP contribution is 2.27. The summed E-state index contributed by atoms with van der Waals surface area (Å²) in [7, 11) is 0. The number of pyridine rings is 1. The van der Waals surface area contributed by atoms with Gasteiger partial charge in [0.1, 0.15) is 5.69 Å². The number of carboxylic acids is 1. The molecule has 0 spiro atoms. The Morgan fingerprint density at radius 2 is 1.86 bits per heavy atom. The highest BCUT2D eigenvalue weighted by Gasteiger charge is 2.18. The summed E-state index contributed by atoms with van der Waals surface area (Å²) in [5.41, 5.74) is -0.408. The summed E-state index contributed by atoms with van der Waals surface area (Å²) in [5.74, 6) is -2.87. The Bertz CT molecular complexity index is 714. The van der Waals surface area contributed by atoms with Gasteiger partial charge in [-0.15, -0.1) is 0 Å². The van der Waals surface area contributed by atoms with Crippen LogP contribution in [-0.4, -0.2) is 22.0 Å². The van der Waals surface area contributed by atoms with E-state index in [1.807, 2.05) is 0 Å². The van der Waals surface area contributed by atoms with Gasteiger partial charge < -0.3 is 10.4 Å². The molecule has 0 radical (unpaired) electrons. The number of hydrogen-bond acceptors (Lipinski definition) is 3. The summed E-state index contributed by atoms with van der Waals surface area (Å²) in [6.45, 7) is 0. The second-order valence-electron chi connectivity index (χ2n) is 3.91. The molecule has 0 saturated heterocycles. The first kappa shape index (κ1) is 15.2. The van der Waals surface area contributed by atoms with Crippen LogP contribution in [0.25, 0.3) is 0 Å². The summed E-state index contributed by atoms with van der Waals surface area (Å²) in [6, 6.07) is 4.95. The molecular formula is C13H7Cl2FN2O3. The zero-order valence-corrected chi connectivity index (χ0v) is 11.7. The topological polar surface area (TPSA) is 79.3 Å². The molecule has 0 saturated carbocycles. The summed E-state index contributed by atoms with van der Waals surface area (Å²) < 4.78 is 13.3. The molecule has 8 heteroatoms. The van der Waals surface area contributed by atoms with E-state index in [-0.39, 0.29) is 27.0 Å². The Hall–Kier alpha value is -2.18. The monoisotopic (exact) mass is 328 g/mol. The standard InChI is InChI=1S/C13H7Cl2FN2O3/c14-8-4-6(5-9(15)10(8)16)18-12(19)11-7(13(20)21)2-1-3-17-11/h1-5H,(H,18,19)(H,20,21). The van der Waals surface area contributed by atoms with E-state index in [2.05, 4.69) is 10.3 Å². The normalized spacial score (nSPS) is 10.2. The number of amides is 1. The highest BCUT2D eigenvalue weighted by atomic mass is 35.5. The van der Waals surface area contributed by atoms with Crippen LogP contribution in [0.2, 0.25) is 10.0 Å². The van der Waals surface area contributed by atoms with E-state index in [1.54, 1.807) is 0 Å². The smallest absolute Gasteiger partial charge is 0.338 e. The molecule has 0 fully saturated rings. The van der Waals surface area contributed by atoms with Crippen molar-refractivity contribution in [3.63, 3.8) is 0 Å². The molecule has 21 heavy (non-hydrogen) atoms. The van der Waals surface area contributed by atoms with Crippen molar-refractivity contribution in [3.05, 3.63) is 57.6 Å². The third-order valence-electron chi connectivity index (χ3n) is 2.49. The number of aromatic carboxylic acids is 1. The van der Waals surface area contributed by atoms with Crippen LogP contribution >= 0.6 is 23.2 Å². The Labute approximate surface area is 128 Å². The molecule has 1 heterocycles. The maximum absolute atomic E-state index is 13.3. The molecule has 108 valence electrons. The van der Waals surface area contributed by atoms with Crippen molar-refractivity contribution < 1.29 is 19.1 Å². The molecule has 1 amide bonds. The number of carbonyl (C=O) groups is 2. The maximum Gasteiger partial charge on any atom is 0.338 e. The molecule has 0 aliphatic heterocycles. The maximum atomic E-state index is 13.3. The lowest BCUT2D eigenvalue weighted by molar-refractivity contribution is 0.0691. The molecule has 2 rings (SSSR count). The summed E-state index contributed by atoms with van der Waals surface area (Å²) in [4.78, 5) is 26.8. The van der Waals surface area contributed by atoms with E-state index in [0.29, 0.717) is 0 Å². The van der Waals surface area contributed by atoms with Crippen molar-refractivity contribution in [2.45, 2.75) is 0 Å². The second kappa shape index (κ2) is 6.07. The van der Waals surface area contributed by atoms with Crippen molar-refractivity contribution in [1.29, 1.82) is 0 Å². The van der Waals surface area contributed by atoms with Crippen LogP contribution in [0.4, 0.5) is 10.1 Å². The van der Waals surface area contributed by atoms with E-state index in [9.17, 15) is 14.0 Å². The first-order chi connectivity index (χ1) is 9.90. The molecule has 0 atom stereocenters. The molecular weight excluding hydrogens is 322 g/mol. The van der Waals surface area contributed by atoms with Crippen molar-refractivity contribution in [2.75, 3.05) is 5.32 Å². The number of halogens is 3. The van der Waals surface area contributed by atoms with Gasteiger partial charge in [0, 0.05) is 11.9 Å². The van der Waals surface area contributed by atoms with E-state index in [1.165, 1.54) is 18.3 Å². The molecule has 5 nitrogen and oxygen atoms in total. The van der Waals surface area contributed by atoms with Crippen molar-refractivity contribution in [1.82, 2.24) is 4.98 Å². The summed E-state index contributed by atoms with van der Waals surface area (Å²) >= 11 is 11.2. The van der Waals surface area contributed by atoms with Crippen molar-refractivity contribution >= 4 is 40.8 Å². The highest BCUT2D eigenvalue weighted by molar-refractivity contribution is 6.35. The minimum Gasteiger partial charge on any atom is -0.478 e. The first-order valence-corrected chi connectivity index (χ1v) is 6.30. The number of aromatic nitrogens is 1. The zero-order valence-electron chi connectivity index (χ0n) is 10.2. The van der Waals surface area contributed by atoms with Gasteiger partial charge in [0.2, 0.25) is 0 Å². The number of rotatable bonds is 3. The molecule has 0 bridgehead atoms. The van der Waals surface area contributed by atoms with Gasteiger partial charge in [0.15, 0.2) is 5.82 Å².